The van der Waals surface area contributed by atoms with Gasteiger partial charge in [0.15, 0.2) is 5.78 Å². The van der Waals surface area contributed by atoms with E-state index in [1.54, 1.807) is 24.3 Å². The van der Waals surface area contributed by atoms with E-state index in [-0.39, 0.29) is 17.7 Å². The molecule has 0 spiro atoms. The number of carbonyl (C=O) groups is 2. The predicted molar refractivity (Wildman–Crippen MR) is 94.5 cm³/mol. The van der Waals surface area contributed by atoms with Gasteiger partial charge in [-0.2, -0.15) is 0 Å². The second-order valence-electron chi connectivity index (χ2n) is 5.91. The highest BCUT2D eigenvalue weighted by molar-refractivity contribution is 6.30. The molecule has 24 heavy (non-hydrogen) atoms. The van der Waals surface area contributed by atoms with Crippen LogP contribution >= 0.6 is 11.6 Å². The summed E-state index contributed by atoms with van der Waals surface area (Å²) in [5.41, 5.74) is 2.22. The topological polar surface area (TPSA) is 49.4 Å². The Bertz CT molecular complexity index is 758. The van der Waals surface area contributed by atoms with E-state index in [0.717, 1.165) is 12.1 Å². The van der Waals surface area contributed by atoms with Crippen LogP contribution in [0.4, 0.5) is 0 Å². The first-order valence-electron chi connectivity index (χ1n) is 7.94. The van der Waals surface area contributed by atoms with Gasteiger partial charge in [0, 0.05) is 35.8 Å². The van der Waals surface area contributed by atoms with Crippen LogP contribution in [0.2, 0.25) is 5.02 Å². The van der Waals surface area contributed by atoms with Crippen LogP contribution in [0.1, 0.15) is 39.2 Å². The van der Waals surface area contributed by atoms with Crippen LogP contribution in [0.3, 0.4) is 0 Å². The Morgan fingerprint density at radius 2 is 1.83 bits per heavy atom. The smallest absolute Gasteiger partial charge is 0.254 e. The number of halogens is 1. The highest BCUT2D eigenvalue weighted by Crippen LogP contribution is 2.26. The lowest BCUT2D eigenvalue weighted by molar-refractivity contribution is 0.0634. The van der Waals surface area contributed by atoms with Crippen molar-refractivity contribution in [3.05, 3.63) is 70.2 Å². The van der Waals surface area contributed by atoms with Crippen LogP contribution in [0.25, 0.3) is 0 Å². The molecule has 0 bridgehead atoms. The summed E-state index contributed by atoms with van der Waals surface area (Å²) in [5.74, 6) is -0.0375. The third-order valence-electron chi connectivity index (χ3n) is 4.28. The summed E-state index contributed by atoms with van der Waals surface area (Å²) in [6, 6.07) is 14.4. The lowest BCUT2D eigenvalue weighted by atomic mass is 10.0. The lowest BCUT2D eigenvalue weighted by Gasteiger charge is -2.36. The van der Waals surface area contributed by atoms with Crippen LogP contribution in [0.5, 0.6) is 0 Å². The predicted octanol–water partition coefficient (Wildman–Crippen LogP) is 3.33. The molecule has 1 amide bonds. The molecule has 1 aliphatic heterocycles. The molecule has 1 unspecified atom stereocenters. The molecule has 1 aliphatic rings. The summed E-state index contributed by atoms with van der Waals surface area (Å²) >= 11 is 6.10. The van der Waals surface area contributed by atoms with Crippen molar-refractivity contribution in [2.75, 3.05) is 19.6 Å². The zero-order valence-electron chi connectivity index (χ0n) is 13.5. The first-order chi connectivity index (χ1) is 11.6. The molecule has 5 heteroatoms. The number of hydrogen-bond acceptors (Lipinski definition) is 3. The van der Waals surface area contributed by atoms with Gasteiger partial charge in [-0.05, 0) is 36.8 Å². The minimum absolute atomic E-state index is 0.00650. The minimum atomic E-state index is -0.0579. The molecule has 124 valence electrons. The second kappa shape index (κ2) is 7.16. The molecule has 0 aliphatic carbocycles. The van der Waals surface area contributed by atoms with Gasteiger partial charge in [0.2, 0.25) is 0 Å². The van der Waals surface area contributed by atoms with E-state index in [1.807, 2.05) is 29.2 Å². The van der Waals surface area contributed by atoms with Gasteiger partial charge in [0.1, 0.15) is 0 Å². The summed E-state index contributed by atoms with van der Waals surface area (Å²) in [6.07, 6.45) is 0. The van der Waals surface area contributed by atoms with E-state index in [2.05, 4.69) is 5.32 Å². The quantitative estimate of drug-likeness (QED) is 0.870. The fourth-order valence-corrected chi connectivity index (χ4v) is 3.17. The van der Waals surface area contributed by atoms with Crippen molar-refractivity contribution in [1.82, 2.24) is 10.2 Å². The Kier molecular flexibility index (Phi) is 4.97. The van der Waals surface area contributed by atoms with Gasteiger partial charge in [0.25, 0.3) is 5.91 Å². The summed E-state index contributed by atoms with van der Waals surface area (Å²) in [7, 11) is 0. The molecule has 1 saturated heterocycles. The maximum absolute atomic E-state index is 12.9. The van der Waals surface area contributed by atoms with Crippen LogP contribution in [-0.2, 0) is 0 Å². The number of amides is 1. The normalized spacial score (nSPS) is 17.6. The van der Waals surface area contributed by atoms with Gasteiger partial charge in [-0.25, -0.2) is 0 Å². The van der Waals surface area contributed by atoms with Crippen LogP contribution in [0.15, 0.2) is 48.5 Å². The van der Waals surface area contributed by atoms with E-state index in [0.29, 0.717) is 29.2 Å². The minimum Gasteiger partial charge on any atom is -0.329 e. The third-order valence-corrected chi connectivity index (χ3v) is 4.51. The molecule has 3 rings (SSSR count). The average molecular weight is 343 g/mol. The van der Waals surface area contributed by atoms with Crippen molar-refractivity contribution in [2.24, 2.45) is 0 Å². The first-order valence-corrected chi connectivity index (χ1v) is 8.32. The molecule has 0 aromatic heterocycles. The number of rotatable bonds is 3. The zero-order valence-corrected chi connectivity index (χ0v) is 14.2. The van der Waals surface area contributed by atoms with Gasteiger partial charge in [-0.1, -0.05) is 35.9 Å². The number of ketones is 1. The monoisotopic (exact) mass is 342 g/mol. The lowest BCUT2D eigenvalue weighted by Crippen LogP contribution is -2.48. The fourth-order valence-electron chi connectivity index (χ4n) is 2.97. The number of hydrogen-bond donors (Lipinski definition) is 1. The molecule has 1 fully saturated rings. The Morgan fingerprint density at radius 3 is 2.50 bits per heavy atom. The third kappa shape index (κ3) is 3.50. The Balaban J connectivity index is 1.87. The second-order valence-corrected chi connectivity index (χ2v) is 6.34. The number of benzene rings is 2. The summed E-state index contributed by atoms with van der Waals surface area (Å²) < 4.78 is 0. The molecule has 1 atom stereocenters. The Labute approximate surface area is 146 Å². The van der Waals surface area contributed by atoms with Gasteiger partial charge in [-0.3, -0.25) is 9.59 Å². The Hall–Kier alpha value is -2.17. The number of nitrogens with one attached hydrogen (secondary N) is 1. The van der Waals surface area contributed by atoms with Crippen molar-refractivity contribution in [3.8, 4) is 0 Å². The van der Waals surface area contributed by atoms with E-state index < -0.39 is 0 Å². The molecular formula is C19H19ClN2O2. The number of piperazine rings is 1. The maximum Gasteiger partial charge on any atom is 0.254 e. The zero-order chi connectivity index (χ0) is 17.1. The number of nitrogens with zero attached hydrogens (tertiary/aromatic N) is 1. The van der Waals surface area contributed by atoms with Crippen LogP contribution in [-0.4, -0.2) is 36.2 Å². The fraction of sp³-hybridized carbons (Fsp3) is 0.263. The molecule has 1 N–H and O–H groups in total. The maximum atomic E-state index is 12.9. The summed E-state index contributed by atoms with van der Waals surface area (Å²) in [4.78, 5) is 26.2. The number of carbonyl (C=O) groups excluding carboxylic acids is 2. The van der Waals surface area contributed by atoms with Crippen molar-refractivity contribution >= 4 is 23.3 Å². The van der Waals surface area contributed by atoms with Gasteiger partial charge in [-0.15, -0.1) is 0 Å². The van der Waals surface area contributed by atoms with Crippen molar-refractivity contribution < 1.29 is 9.59 Å². The molecular weight excluding hydrogens is 324 g/mol. The van der Waals surface area contributed by atoms with Gasteiger partial charge in [0.05, 0.1) is 6.04 Å². The molecule has 0 radical (unpaired) electrons. The molecule has 1 heterocycles. The molecule has 2 aromatic rings. The van der Waals surface area contributed by atoms with Gasteiger partial charge >= 0.3 is 0 Å². The number of Topliss-reactive ketones (excluding diaryl/α,β-unsaturated/α-hetero) is 1. The molecule has 4 nitrogen and oxygen atoms in total. The highest BCUT2D eigenvalue weighted by atomic mass is 35.5. The molecule has 0 saturated carbocycles. The SMILES string of the molecule is CC(=O)c1ccc(C(=O)N2CCNCC2c2cccc(Cl)c2)cc1. The largest absolute Gasteiger partial charge is 0.329 e. The van der Waals surface area contributed by atoms with E-state index >= 15 is 0 Å². The van der Waals surface area contributed by atoms with E-state index in [1.165, 1.54) is 6.92 Å². The standard InChI is InChI=1S/C19H19ClN2O2/c1-13(23)14-5-7-15(8-6-14)19(24)22-10-9-21-12-18(22)16-3-2-4-17(20)11-16/h2-8,11,18,21H,9-10,12H2,1H3. The van der Waals surface area contributed by atoms with Crippen molar-refractivity contribution in [3.63, 3.8) is 0 Å². The van der Waals surface area contributed by atoms with E-state index in [9.17, 15) is 9.59 Å². The van der Waals surface area contributed by atoms with Crippen LogP contribution < -0.4 is 5.32 Å². The van der Waals surface area contributed by atoms with Gasteiger partial charge < -0.3 is 10.2 Å². The highest BCUT2D eigenvalue weighted by Gasteiger charge is 2.28. The average Bonchev–Trinajstić information content (AvgIpc) is 2.61. The van der Waals surface area contributed by atoms with Crippen molar-refractivity contribution in [2.45, 2.75) is 13.0 Å². The van der Waals surface area contributed by atoms with Crippen molar-refractivity contribution in [1.29, 1.82) is 0 Å². The first kappa shape index (κ1) is 16.7. The summed E-state index contributed by atoms with van der Waals surface area (Å²) in [5, 5.41) is 3.99. The molecule has 2 aromatic carbocycles. The summed E-state index contributed by atoms with van der Waals surface area (Å²) in [6.45, 7) is 3.60. The Morgan fingerprint density at radius 1 is 1.12 bits per heavy atom. The van der Waals surface area contributed by atoms with E-state index in [4.69, 9.17) is 11.6 Å². The van der Waals surface area contributed by atoms with Crippen LogP contribution in [0, 0.1) is 0 Å².